The molecular formula is C19H21ClN2O2. The van der Waals surface area contributed by atoms with E-state index < -0.39 is 0 Å². The number of aromatic nitrogens is 1. The van der Waals surface area contributed by atoms with Gasteiger partial charge in [-0.3, -0.25) is 0 Å². The number of aromatic amines is 1. The molecule has 0 radical (unpaired) electrons. The van der Waals surface area contributed by atoms with Crippen molar-refractivity contribution < 1.29 is 26.9 Å². The van der Waals surface area contributed by atoms with E-state index in [9.17, 15) is 0 Å². The summed E-state index contributed by atoms with van der Waals surface area (Å²) in [5.74, 6) is 1.52. The van der Waals surface area contributed by atoms with Crippen molar-refractivity contribution in [2.75, 3.05) is 19.5 Å². The molecule has 0 amide bonds. The molecule has 4 nitrogen and oxygen atoms in total. The van der Waals surface area contributed by atoms with Crippen molar-refractivity contribution in [2.24, 2.45) is 0 Å². The minimum atomic E-state index is 0. The summed E-state index contributed by atoms with van der Waals surface area (Å²) in [6, 6.07) is 14.1. The maximum atomic E-state index is 5.48. The Kier molecular flexibility index (Phi) is 5.52. The number of fused-ring (bicyclic) bond motifs is 1. The lowest BCUT2D eigenvalue weighted by Gasteiger charge is -2.13. The predicted octanol–water partition coefficient (Wildman–Crippen LogP) is 1.04. The third kappa shape index (κ3) is 3.39. The zero-order valence-electron chi connectivity index (χ0n) is 14.2. The van der Waals surface area contributed by atoms with Crippen LogP contribution in [-0.2, 0) is 0 Å². The van der Waals surface area contributed by atoms with Crippen LogP contribution in [0, 0.1) is 13.8 Å². The van der Waals surface area contributed by atoms with Gasteiger partial charge in [-0.25, -0.2) is 4.98 Å². The summed E-state index contributed by atoms with van der Waals surface area (Å²) < 4.78 is 10.7. The number of H-pyrrole nitrogens is 1. The second kappa shape index (κ2) is 7.41. The Bertz CT molecular complexity index is 865. The fraction of sp³-hybridized carbons (Fsp3) is 0.211. The molecule has 1 aromatic heterocycles. The molecule has 0 aliphatic carbocycles. The van der Waals surface area contributed by atoms with Gasteiger partial charge >= 0.3 is 0 Å². The van der Waals surface area contributed by atoms with E-state index in [-0.39, 0.29) is 12.4 Å². The third-order valence-corrected chi connectivity index (χ3v) is 3.92. The minimum absolute atomic E-state index is 0. The lowest BCUT2D eigenvalue weighted by molar-refractivity contribution is -0.354. The topological polar surface area (TPSA) is 44.6 Å². The summed E-state index contributed by atoms with van der Waals surface area (Å²) >= 11 is 0. The number of para-hydroxylation sites is 1. The number of benzene rings is 2. The monoisotopic (exact) mass is 344 g/mol. The maximum Gasteiger partial charge on any atom is 0.216 e. The van der Waals surface area contributed by atoms with Crippen molar-refractivity contribution in [3.8, 4) is 11.5 Å². The van der Waals surface area contributed by atoms with E-state index in [1.807, 2.05) is 18.2 Å². The fourth-order valence-corrected chi connectivity index (χ4v) is 2.74. The molecule has 0 bridgehead atoms. The highest BCUT2D eigenvalue weighted by molar-refractivity contribution is 5.93. The van der Waals surface area contributed by atoms with Crippen LogP contribution in [0.15, 0.2) is 42.5 Å². The van der Waals surface area contributed by atoms with Gasteiger partial charge in [-0.1, -0.05) is 12.1 Å². The van der Waals surface area contributed by atoms with Gasteiger partial charge in [0.05, 0.1) is 31.0 Å². The Labute approximate surface area is 148 Å². The van der Waals surface area contributed by atoms with Crippen molar-refractivity contribution in [3.63, 3.8) is 0 Å². The molecule has 0 saturated heterocycles. The molecular weight excluding hydrogens is 324 g/mol. The first-order valence-electron chi connectivity index (χ1n) is 7.53. The van der Waals surface area contributed by atoms with Gasteiger partial charge in [-0.05, 0) is 25.1 Å². The Morgan fingerprint density at radius 2 is 1.71 bits per heavy atom. The highest BCUT2D eigenvalue weighted by Crippen LogP contribution is 2.33. The Morgan fingerprint density at radius 1 is 0.917 bits per heavy atom. The number of nitrogens with one attached hydrogen (secondary N) is 2. The molecule has 3 rings (SSSR count). The van der Waals surface area contributed by atoms with E-state index in [0.717, 1.165) is 39.5 Å². The summed E-state index contributed by atoms with van der Waals surface area (Å²) in [6.45, 7) is 4.17. The normalized spacial score (nSPS) is 10.2. The molecule has 0 saturated carbocycles. The Morgan fingerprint density at radius 3 is 2.42 bits per heavy atom. The summed E-state index contributed by atoms with van der Waals surface area (Å²) in [5, 5.41) is 4.63. The van der Waals surface area contributed by atoms with Gasteiger partial charge in [0.25, 0.3) is 0 Å². The number of halogens is 1. The lowest BCUT2D eigenvalue weighted by Crippen LogP contribution is -3.00. The van der Waals surface area contributed by atoms with Crippen LogP contribution < -0.4 is 32.2 Å². The maximum absolute atomic E-state index is 5.48. The van der Waals surface area contributed by atoms with Gasteiger partial charge in [0, 0.05) is 24.6 Å². The first-order valence-corrected chi connectivity index (χ1v) is 7.53. The summed E-state index contributed by atoms with van der Waals surface area (Å²) in [5.41, 5.74) is 5.41. The predicted molar refractivity (Wildman–Crippen MR) is 92.8 cm³/mol. The summed E-state index contributed by atoms with van der Waals surface area (Å²) in [6.07, 6.45) is 0. The van der Waals surface area contributed by atoms with Gasteiger partial charge in [0.2, 0.25) is 5.52 Å². The molecule has 5 heteroatoms. The van der Waals surface area contributed by atoms with E-state index in [1.165, 1.54) is 5.56 Å². The van der Waals surface area contributed by atoms with Crippen LogP contribution in [0.3, 0.4) is 0 Å². The number of pyridine rings is 1. The number of aryl methyl sites for hydroxylation is 2. The smallest absolute Gasteiger partial charge is 0.216 e. The Balaban J connectivity index is 0.00000208. The van der Waals surface area contributed by atoms with Crippen LogP contribution in [0.1, 0.15) is 11.3 Å². The van der Waals surface area contributed by atoms with Gasteiger partial charge in [0.1, 0.15) is 11.5 Å². The number of methoxy groups -OCH3 is 2. The largest absolute Gasteiger partial charge is 1.00 e. The van der Waals surface area contributed by atoms with Gasteiger partial charge in [-0.15, -0.1) is 0 Å². The number of anilines is 2. The van der Waals surface area contributed by atoms with Crippen molar-refractivity contribution >= 4 is 22.3 Å². The van der Waals surface area contributed by atoms with E-state index in [2.05, 4.69) is 48.4 Å². The summed E-state index contributed by atoms with van der Waals surface area (Å²) in [4.78, 5) is 3.44. The van der Waals surface area contributed by atoms with E-state index in [0.29, 0.717) is 0 Å². The van der Waals surface area contributed by atoms with Crippen LogP contribution in [0.4, 0.5) is 11.4 Å². The van der Waals surface area contributed by atoms with Gasteiger partial charge in [0.15, 0.2) is 5.69 Å². The van der Waals surface area contributed by atoms with Crippen LogP contribution >= 0.6 is 0 Å². The van der Waals surface area contributed by atoms with E-state index >= 15 is 0 Å². The highest BCUT2D eigenvalue weighted by Gasteiger charge is 2.13. The molecule has 126 valence electrons. The molecule has 0 atom stereocenters. The molecule has 24 heavy (non-hydrogen) atoms. The number of hydrogen-bond donors (Lipinski definition) is 1. The van der Waals surface area contributed by atoms with Gasteiger partial charge in [-0.2, -0.15) is 0 Å². The molecule has 0 fully saturated rings. The van der Waals surface area contributed by atoms with Crippen LogP contribution in [0.25, 0.3) is 10.9 Å². The molecule has 0 aliphatic heterocycles. The minimum Gasteiger partial charge on any atom is -1.00 e. The molecule has 1 heterocycles. The van der Waals surface area contributed by atoms with E-state index in [4.69, 9.17) is 9.47 Å². The quantitative estimate of drug-likeness (QED) is 0.769. The lowest BCUT2D eigenvalue weighted by atomic mass is 10.1. The van der Waals surface area contributed by atoms with Crippen molar-refractivity contribution in [1.29, 1.82) is 0 Å². The SMILES string of the molecule is COc1ccc(Nc2cc(C)[nH+]c3c(C)cccc23)c(OC)c1.[Cl-]. The second-order valence-electron chi connectivity index (χ2n) is 5.55. The highest BCUT2D eigenvalue weighted by atomic mass is 35.5. The third-order valence-electron chi connectivity index (χ3n) is 3.92. The van der Waals surface area contributed by atoms with Gasteiger partial charge < -0.3 is 27.2 Å². The van der Waals surface area contributed by atoms with Crippen LogP contribution in [0.2, 0.25) is 0 Å². The summed E-state index contributed by atoms with van der Waals surface area (Å²) in [7, 11) is 3.31. The van der Waals surface area contributed by atoms with Crippen molar-refractivity contribution in [2.45, 2.75) is 13.8 Å². The average molecular weight is 345 g/mol. The fourth-order valence-electron chi connectivity index (χ4n) is 2.74. The standard InChI is InChI=1S/C19H20N2O2.ClH/c1-12-6-5-7-15-17(10-13(2)20-19(12)15)21-16-9-8-14(22-3)11-18(16)23-4;/h5-11H,1-4H3,(H,20,21);1H. The molecule has 3 aromatic rings. The number of ether oxygens (including phenoxy) is 2. The molecule has 0 spiro atoms. The van der Waals surface area contributed by atoms with Crippen molar-refractivity contribution in [1.82, 2.24) is 0 Å². The average Bonchev–Trinajstić information content (AvgIpc) is 2.56. The first kappa shape index (κ1) is 17.9. The Hall–Kier alpha value is -2.46. The number of rotatable bonds is 4. The molecule has 2 N–H and O–H groups in total. The molecule has 2 aromatic carbocycles. The molecule has 0 aliphatic rings. The second-order valence-corrected chi connectivity index (χ2v) is 5.55. The number of hydrogen-bond acceptors (Lipinski definition) is 3. The van der Waals surface area contributed by atoms with Crippen LogP contribution in [-0.4, -0.2) is 14.2 Å². The zero-order valence-corrected chi connectivity index (χ0v) is 15.0. The molecule has 0 unspecified atom stereocenters. The van der Waals surface area contributed by atoms with Crippen LogP contribution in [0.5, 0.6) is 11.5 Å². The first-order chi connectivity index (χ1) is 11.1. The zero-order chi connectivity index (χ0) is 16.4. The van der Waals surface area contributed by atoms with Crippen molar-refractivity contribution in [3.05, 3.63) is 53.7 Å². The van der Waals surface area contributed by atoms with E-state index in [1.54, 1.807) is 14.2 Å².